The molecular weight excluding hydrogens is 348 g/mol. The molecule has 1 aromatic carbocycles. The third kappa shape index (κ3) is 3.06. The average Bonchev–Trinajstić information content (AvgIpc) is 2.60. The molecule has 0 amide bonds. The molecule has 2 heterocycles. The van der Waals surface area contributed by atoms with Gasteiger partial charge in [-0.25, -0.2) is 8.42 Å². The summed E-state index contributed by atoms with van der Waals surface area (Å²) in [5.74, 6) is 1.47. The molecule has 26 heavy (non-hydrogen) atoms. The summed E-state index contributed by atoms with van der Waals surface area (Å²) in [4.78, 5) is 4.80. The lowest BCUT2D eigenvalue weighted by Crippen LogP contribution is -2.58. The van der Waals surface area contributed by atoms with E-state index in [0.717, 1.165) is 32.4 Å². The molecule has 4 rings (SSSR count). The number of phenols is 1. The van der Waals surface area contributed by atoms with E-state index in [2.05, 4.69) is 29.8 Å². The van der Waals surface area contributed by atoms with Crippen LogP contribution in [-0.2, 0) is 21.7 Å². The van der Waals surface area contributed by atoms with Crippen LogP contribution in [0.25, 0.3) is 0 Å². The Morgan fingerprint density at radius 2 is 1.96 bits per heavy atom. The van der Waals surface area contributed by atoms with E-state index < -0.39 is 9.84 Å². The standard InChI is InChI=1S/C20H30N2O3S/c1-15-19-13-16-3-4-17(23)14-18(16)20(15,5-7-21(19)2)6-8-22-9-11-26(24,25)12-10-22/h3-4,14-15,19,23H,5-13H2,1-2H3/t15-,19+,20-/m0/s1. The Balaban J connectivity index is 1.61. The van der Waals surface area contributed by atoms with Crippen molar-refractivity contribution in [3.8, 4) is 5.75 Å². The van der Waals surface area contributed by atoms with Gasteiger partial charge in [-0.15, -0.1) is 0 Å². The van der Waals surface area contributed by atoms with Crippen LogP contribution in [0.1, 0.15) is 30.9 Å². The minimum absolute atomic E-state index is 0.0832. The van der Waals surface area contributed by atoms with Crippen molar-refractivity contribution in [3.05, 3.63) is 29.3 Å². The lowest BCUT2D eigenvalue weighted by molar-refractivity contribution is 0.0303. The fourth-order valence-corrected chi connectivity index (χ4v) is 6.76. The molecule has 0 unspecified atom stereocenters. The number of nitrogens with zero attached hydrogens (tertiary/aromatic N) is 2. The van der Waals surface area contributed by atoms with Gasteiger partial charge in [0, 0.05) is 24.5 Å². The smallest absolute Gasteiger partial charge is 0.152 e. The van der Waals surface area contributed by atoms with E-state index in [0.29, 0.717) is 30.8 Å². The minimum atomic E-state index is -2.83. The number of piperidine rings is 1. The first kappa shape index (κ1) is 18.3. The SMILES string of the molecule is C[C@H]1[C@H]2Cc3ccc(O)cc3[C@]1(CCN1CCS(=O)(=O)CC1)CCN2C. The molecule has 0 saturated carbocycles. The monoisotopic (exact) mass is 378 g/mol. The molecule has 1 aliphatic carbocycles. The summed E-state index contributed by atoms with van der Waals surface area (Å²) in [7, 11) is -0.603. The summed E-state index contributed by atoms with van der Waals surface area (Å²) in [5, 5.41) is 10.1. The number of likely N-dealkylation sites (tertiary alicyclic amines) is 1. The van der Waals surface area contributed by atoms with Crippen LogP contribution in [0.4, 0.5) is 0 Å². The first-order chi connectivity index (χ1) is 12.3. The highest BCUT2D eigenvalue weighted by molar-refractivity contribution is 7.91. The number of likely N-dealkylation sites (N-methyl/N-ethyl adjacent to an activating group) is 1. The van der Waals surface area contributed by atoms with Gasteiger partial charge in [0.05, 0.1) is 11.5 Å². The fourth-order valence-electron chi connectivity index (χ4n) is 5.48. The number of aromatic hydroxyl groups is 1. The first-order valence-electron chi connectivity index (χ1n) is 9.76. The zero-order valence-corrected chi connectivity index (χ0v) is 16.6. The fraction of sp³-hybridized carbons (Fsp3) is 0.700. The molecule has 0 aromatic heterocycles. The summed E-state index contributed by atoms with van der Waals surface area (Å²) < 4.78 is 23.4. The van der Waals surface area contributed by atoms with E-state index in [1.165, 1.54) is 11.1 Å². The zero-order valence-electron chi connectivity index (χ0n) is 15.8. The Bertz CT molecular complexity index is 780. The summed E-state index contributed by atoms with van der Waals surface area (Å²) >= 11 is 0. The maximum Gasteiger partial charge on any atom is 0.152 e. The van der Waals surface area contributed by atoms with Gasteiger partial charge in [0.2, 0.25) is 0 Å². The van der Waals surface area contributed by atoms with E-state index in [-0.39, 0.29) is 16.9 Å². The number of sulfone groups is 1. The van der Waals surface area contributed by atoms with E-state index in [1.807, 2.05) is 12.1 Å². The van der Waals surface area contributed by atoms with Crippen molar-refractivity contribution in [2.45, 2.75) is 37.6 Å². The van der Waals surface area contributed by atoms with Crippen LogP contribution in [0.5, 0.6) is 5.75 Å². The number of benzene rings is 1. The molecule has 2 aliphatic heterocycles. The molecule has 0 radical (unpaired) electrons. The van der Waals surface area contributed by atoms with Crippen LogP contribution in [0.2, 0.25) is 0 Å². The topological polar surface area (TPSA) is 60.9 Å². The van der Waals surface area contributed by atoms with Gasteiger partial charge in [-0.2, -0.15) is 0 Å². The number of fused-ring (bicyclic) bond motifs is 4. The van der Waals surface area contributed by atoms with Crippen molar-refractivity contribution in [2.24, 2.45) is 5.92 Å². The predicted octanol–water partition coefficient (Wildman–Crippen LogP) is 1.65. The second-order valence-corrected chi connectivity index (χ2v) is 10.8. The number of hydrogen-bond donors (Lipinski definition) is 1. The van der Waals surface area contributed by atoms with Gasteiger partial charge >= 0.3 is 0 Å². The normalized spacial score (nSPS) is 34.4. The third-order valence-electron chi connectivity index (χ3n) is 7.30. The van der Waals surface area contributed by atoms with E-state index >= 15 is 0 Å². The first-order valence-corrected chi connectivity index (χ1v) is 11.6. The van der Waals surface area contributed by atoms with Gasteiger partial charge in [-0.1, -0.05) is 13.0 Å². The van der Waals surface area contributed by atoms with Crippen LogP contribution < -0.4 is 0 Å². The van der Waals surface area contributed by atoms with Crippen LogP contribution in [0.15, 0.2) is 18.2 Å². The van der Waals surface area contributed by atoms with E-state index in [9.17, 15) is 13.5 Å². The number of phenolic OH excluding ortho intramolecular Hbond substituents is 1. The molecule has 1 N–H and O–H groups in total. The predicted molar refractivity (Wildman–Crippen MR) is 103 cm³/mol. The molecule has 0 spiro atoms. The Kier molecular flexibility index (Phi) is 4.56. The second-order valence-electron chi connectivity index (χ2n) is 8.53. The largest absolute Gasteiger partial charge is 0.508 e. The molecule has 5 nitrogen and oxygen atoms in total. The molecule has 3 atom stereocenters. The summed E-state index contributed by atoms with van der Waals surface area (Å²) in [6.07, 6.45) is 3.19. The Labute approximate surface area is 156 Å². The van der Waals surface area contributed by atoms with Crippen molar-refractivity contribution in [3.63, 3.8) is 0 Å². The molecule has 2 fully saturated rings. The highest BCUT2D eigenvalue weighted by Gasteiger charge is 2.50. The van der Waals surface area contributed by atoms with Crippen molar-refractivity contribution < 1.29 is 13.5 Å². The summed E-state index contributed by atoms with van der Waals surface area (Å²) in [6.45, 7) is 5.70. The van der Waals surface area contributed by atoms with Crippen LogP contribution in [0.3, 0.4) is 0 Å². The quantitative estimate of drug-likeness (QED) is 0.867. The van der Waals surface area contributed by atoms with Crippen molar-refractivity contribution in [1.29, 1.82) is 0 Å². The molecule has 2 bridgehead atoms. The molecule has 3 aliphatic rings. The van der Waals surface area contributed by atoms with E-state index in [1.54, 1.807) is 0 Å². The van der Waals surface area contributed by atoms with Crippen LogP contribution in [-0.4, -0.2) is 74.1 Å². The molecular formula is C20H30N2O3S. The van der Waals surface area contributed by atoms with Gasteiger partial charge in [0.1, 0.15) is 5.75 Å². The highest BCUT2D eigenvalue weighted by atomic mass is 32.2. The van der Waals surface area contributed by atoms with Crippen LogP contribution >= 0.6 is 0 Å². The van der Waals surface area contributed by atoms with Gasteiger partial charge in [-0.05, 0) is 68.6 Å². The van der Waals surface area contributed by atoms with Gasteiger partial charge in [0.25, 0.3) is 0 Å². The maximum atomic E-state index is 11.7. The second kappa shape index (κ2) is 6.50. The maximum absolute atomic E-state index is 11.7. The lowest BCUT2D eigenvalue weighted by atomic mass is 9.56. The zero-order chi connectivity index (χ0) is 18.5. The Morgan fingerprint density at radius 1 is 1.23 bits per heavy atom. The highest BCUT2D eigenvalue weighted by Crippen LogP contribution is 2.51. The van der Waals surface area contributed by atoms with Crippen molar-refractivity contribution in [1.82, 2.24) is 9.80 Å². The Morgan fingerprint density at radius 3 is 2.69 bits per heavy atom. The summed E-state index contributed by atoms with van der Waals surface area (Å²) in [5.41, 5.74) is 2.79. The van der Waals surface area contributed by atoms with Gasteiger partial charge in [0.15, 0.2) is 9.84 Å². The van der Waals surface area contributed by atoms with Crippen molar-refractivity contribution in [2.75, 3.05) is 44.7 Å². The molecule has 144 valence electrons. The summed E-state index contributed by atoms with van der Waals surface area (Å²) in [6, 6.07) is 6.45. The minimum Gasteiger partial charge on any atom is -0.508 e. The number of rotatable bonds is 3. The molecule has 2 saturated heterocycles. The van der Waals surface area contributed by atoms with Gasteiger partial charge < -0.3 is 14.9 Å². The Hall–Kier alpha value is -1.11. The van der Waals surface area contributed by atoms with Gasteiger partial charge in [-0.3, -0.25) is 0 Å². The average molecular weight is 379 g/mol. The number of hydrogen-bond acceptors (Lipinski definition) is 5. The lowest BCUT2D eigenvalue weighted by Gasteiger charge is -2.55. The van der Waals surface area contributed by atoms with Crippen molar-refractivity contribution >= 4 is 9.84 Å². The molecule has 6 heteroatoms. The molecule has 1 aromatic rings. The third-order valence-corrected chi connectivity index (χ3v) is 8.90. The van der Waals surface area contributed by atoms with E-state index in [4.69, 9.17) is 0 Å². The van der Waals surface area contributed by atoms with Crippen LogP contribution in [0, 0.1) is 5.92 Å².